The molecule has 0 aromatic heterocycles. The highest BCUT2D eigenvalue weighted by Gasteiger charge is 2.73. The normalized spacial score (nSPS) is 73.9. The molecule has 4 aliphatic carbocycles. The van der Waals surface area contributed by atoms with E-state index in [1.54, 1.807) is 19.3 Å². The molecule has 0 aromatic rings. The largest absolute Gasteiger partial charge is 0.0622 e. The van der Waals surface area contributed by atoms with Crippen LogP contribution in [-0.4, -0.2) is 0 Å². The molecule has 0 amide bonds. The van der Waals surface area contributed by atoms with Crippen molar-refractivity contribution in [1.29, 1.82) is 0 Å². The highest BCUT2D eigenvalue weighted by Crippen LogP contribution is 2.81. The molecule has 2 bridgehead atoms. The average molecular weight is 108 g/mol. The van der Waals surface area contributed by atoms with Gasteiger partial charge in [-0.15, -0.1) is 0 Å². The Morgan fingerprint density at radius 1 is 1.25 bits per heavy atom. The minimum Gasteiger partial charge on any atom is -0.0622 e. The van der Waals surface area contributed by atoms with Gasteiger partial charge in [-0.25, -0.2) is 0 Å². The summed E-state index contributed by atoms with van der Waals surface area (Å²) in [4.78, 5) is 0. The number of fused-ring (bicyclic) bond motifs is 1. The lowest BCUT2D eigenvalue weighted by atomic mass is 9.83. The van der Waals surface area contributed by atoms with Gasteiger partial charge in [0.1, 0.15) is 0 Å². The van der Waals surface area contributed by atoms with Crippen molar-refractivity contribution in [2.75, 3.05) is 0 Å². The van der Waals surface area contributed by atoms with E-state index in [1.807, 2.05) is 0 Å². The first-order chi connectivity index (χ1) is 3.82. The molecule has 44 valence electrons. The van der Waals surface area contributed by atoms with E-state index in [-0.39, 0.29) is 0 Å². The number of hydrogen-bond acceptors (Lipinski definition) is 0. The third kappa shape index (κ3) is 0.206. The molecule has 0 aliphatic heterocycles. The van der Waals surface area contributed by atoms with Crippen LogP contribution in [-0.2, 0) is 0 Å². The molecule has 4 unspecified atom stereocenters. The van der Waals surface area contributed by atoms with Crippen molar-refractivity contribution < 1.29 is 0 Å². The molecule has 4 atom stereocenters. The zero-order chi connectivity index (χ0) is 5.35. The van der Waals surface area contributed by atoms with Gasteiger partial charge < -0.3 is 0 Å². The topological polar surface area (TPSA) is 0 Å². The van der Waals surface area contributed by atoms with Crippen molar-refractivity contribution in [2.24, 2.45) is 23.2 Å². The lowest BCUT2D eigenvalue weighted by Crippen LogP contribution is -2.15. The summed E-state index contributed by atoms with van der Waals surface area (Å²) in [5, 5.41) is 0. The van der Waals surface area contributed by atoms with Gasteiger partial charge in [-0.3, -0.25) is 0 Å². The molecule has 4 rings (SSSR count). The first-order valence-electron chi connectivity index (χ1n) is 3.82. The number of hydrogen-bond donors (Lipinski definition) is 0. The Morgan fingerprint density at radius 3 is 2.38 bits per heavy atom. The van der Waals surface area contributed by atoms with Gasteiger partial charge in [-0.05, 0) is 42.4 Å². The molecule has 0 heteroatoms. The van der Waals surface area contributed by atoms with Gasteiger partial charge in [0.2, 0.25) is 0 Å². The van der Waals surface area contributed by atoms with E-state index < -0.39 is 0 Å². The smallest absolute Gasteiger partial charge is 0.0258 e. The van der Waals surface area contributed by atoms with Gasteiger partial charge in [0, 0.05) is 0 Å². The predicted octanol–water partition coefficient (Wildman–Crippen LogP) is 2.05. The lowest BCUT2D eigenvalue weighted by Gasteiger charge is -2.22. The fourth-order valence-electron chi connectivity index (χ4n) is 3.38. The Morgan fingerprint density at radius 2 is 2.12 bits per heavy atom. The minimum atomic E-state index is 0.976. The van der Waals surface area contributed by atoms with Crippen LogP contribution in [0.2, 0.25) is 0 Å². The first-order valence-corrected chi connectivity index (χ1v) is 3.82. The Hall–Kier alpha value is 0. The fraction of sp³-hybridized carbons (Fsp3) is 1.00. The summed E-state index contributed by atoms with van der Waals surface area (Å²) >= 11 is 0. The van der Waals surface area contributed by atoms with E-state index in [1.165, 1.54) is 11.8 Å². The average Bonchev–Trinajstić information content (AvgIpc) is 2.17. The monoisotopic (exact) mass is 108 g/mol. The zero-order valence-corrected chi connectivity index (χ0v) is 5.35. The highest BCUT2D eigenvalue weighted by atomic mass is 14.8. The van der Waals surface area contributed by atoms with Crippen LogP contribution >= 0.6 is 0 Å². The van der Waals surface area contributed by atoms with Crippen molar-refractivity contribution in [3.05, 3.63) is 0 Å². The third-order valence-corrected chi connectivity index (χ3v) is 3.87. The standard InChI is InChI=1S/C8H12/c1-5-2-8-3-6(5)7(8)4-8/h5-7H,2-4H2,1H3. The van der Waals surface area contributed by atoms with Crippen molar-refractivity contribution >= 4 is 0 Å². The summed E-state index contributed by atoms with van der Waals surface area (Å²) < 4.78 is 0. The highest BCUT2D eigenvalue weighted by molar-refractivity contribution is 5.22. The molecule has 4 aliphatic rings. The van der Waals surface area contributed by atoms with E-state index in [0.29, 0.717) is 0 Å². The van der Waals surface area contributed by atoms with Gasteiger partial charge in [0.15, 0.2) is 0 Å². The SMILES string of the molecule is CC1CC23CC1C2C3. The Kier molecular flexibility index (Phi) is 0.381. The zero-order valence-electron chi connectivity index (χ0n) is 5.35. The maximum Gasteiger partial charge on any atom is -0.0258 e. The Balaban J connectivity index is 2.05. The van der Waals surface area contributed by atoms with Gasteiger partial charge in [-0.2, -0.15) is 0 Å². The van der Waals surface area contributed by atoms with Crippen LogP contribution in [0.4, 0.5) is 0 Å². The fourth-order valence-corrected chi connectivity index (χ4v) is 3.38. The Labute approximate surface area is 50.3 Å². The second-order valence-electron chi connectivity index (χ2n) is 4.22. The third-order valence-electron chi connectivity index (χ3n) is 3.87. The van der Waals surface area contributed by atoms with Crippen LogP contribution in [0.3, 0.4) is 0 Å². The van der Waals surface area contributed by atoms with Gasteiger partial charge in [0.05, 0.1) is 0 Å². The Bertz CT molecular complexity index is 148. The van der Waals surface area contributed by atoms with E-state index in [4.69, 9.17) is 0 Å². The van der Waals surface area contributed by atoms with Crippen LogP contribution < -0.4 is 0 Å². The molecule has 0 radical (unpaired) electrons. The molecular formula is C8H12. The van der Waals surface area contributed by atoms with Gasteiger partial charge >= 0.3 is 0 Å². The maximum absolute atomic E-state index is 2.44. The van der Waals surface area contributed by atoms with E-state index in [0.717, 1.165) is 11.3 Å². The predicted molar refractivity (Wildman–Crippen MR) is 32.4 cm³/mol. The molecule has 0 N–H and O–H groups in total. The second kappa shape index (κ2) is 0.778. The van der Waals surface area contributed by atoms with E-state index in [9.17, 15) is 0 Å². The molecule has 4 fully saturated rings. The molecule has 1 spiro atoms. The van der Waals surface area contributed by atoms with Crippen molar-refractivity contribution in [1.82, 2.24) is 0 Å². The summed E-state index contributed by atoms with van der Waals surface area (Å²) in [5.41, 5.74) is 0.976. The summed E-state index contributed by atoms with van der Waals surface area (Å²) in [7, 11) is 0. The quantitative estimate of drug-likeness (QED) is 0.445. The second-order valence-corrected chi connectivity index (χ2v) is 4.22. The molecule has 0 saturated heterocycles. The summed E-state index contributed by atoms with van der Waals surface area (Å²) in [6.07, 6.45) is 4.81. The van der Waals surface area contributed by atoms with E-state index in [2.05, 4.69) is 6.92 Å². The summed E-state index contributed by atoms with van der Waals surface area (Å²) in [5.74, 6) is 3.53. The summed E-state index contributed by atoms with van der Waals surface area (Å²) in [6, 6.07) is 0. The summed E-state index contributed by atoms with van der Waals surface area (Å²) in [6.45, 7) is 2.44. The van der Waals surface area contributed by atoms with Crippen molar-refractivity contribution in [3.63, 3.8) is 0 Å². The van der Waals surface area contributed by atoms with Crippen LogP contribution in [0.25, 0.3) is 0 Å². The molecule has 0 nitrogen and oxygen atoms in total. The van der Waals surface area contributed by atoms with E-state index >= 15 is 0 Å². The van der Waals surface area contributed by atoms with Crippen LogP contribution in [0.15, 0.2) is 0 Å². The number of rotatable bonds is 0. The van der Waals surface area contributed by atoms with Gasteiger partial charge in [-0.1, -0.05) is 6.92 Å². The van der Waals surface area contributed by atoms with Crippen molar-refractivity contribution in [2.45, 2.75) is 26.2 Å². The molecule has 4 saturated carbocycles. The minimum absolute atomic E-state index is 0.976. The molecule has 0 heterocycles. The van der Waals surface area contributed by atoms with Crippen molar-refractivity contribution in [3.8, 4) is 0 Å². The first kappa shape index (κ1) is 3.92. The molecule has 0 aromatic carbocycles. The molecular weight excluding hydrogens is 96.1 g/mol. The van der Waals surface area contributed by atoms with Gasteiger partial charge in [0.25, 0.3) is 0 Å². The molecule has 8 heavy (non-hydrogen) atoms. The van der Waals surface area contributed by atoms with Crippen LogP contribution in [0.5, 0.6) is 0 Å². The maximum atomic E-state index is 2.44. The lowest BCUT2D eigenvalue weighted by molar-refractivity contribution is 0.267. The van der Waals surface area contributed by atoms with Crippen LogP contribution in [0.1, 0.15) is 26.2 Å². The van der Waals surface area contributed by atoms with Crippen LogP contribution in [0, 0.1) is 23.2 Å².